The van der Waals surface area contributed by atoms with E-state index in [0.29, 0.717) is 10.7 Å². The summed E-state index contributed by atoms with van der Waals surface area (Å²) in [5, 5.41) is 22.6. The van der Waals surface area contributed by atoms with Gasteiger partial charge in [-0.25, -0.2) is 8.42 Å². The molecular weight excluding hydrogens is 406 g/mol. The molecule has 0 radical (unpaired) electrons. The Labute approximate surface area is 167 Å². The van der Waals surface area contributed by atoms with Crippen molar-refractivity contribution in [2.45, 2.75) is 18.7 Å². The molecule has 2 aromatic rings. The highest BCUT2D eigenvalue weighted by atomic mass is 35.5. The first-order valence-corrected chi connectivity index (χ1v) is 10.2. The molecule has 1 amide bonds. The molecule has 0 saturated heterocycles. The molecule has 0 aliphatic carbocycles. The van der Waals surface area contributed by atoms with Gasteiger partial charge in [-0.1, -0.05) is 30.7 Å². The van der Waals surface area contributed by atoms with Crippen molar-refractivity contribution in [3.05, 3.63) is 58.9 Å². The number of amides is 1. The Hall–Kier alpha value is -2.91. The predicted molar refractivity (Wildman–Crippen MR) is 108 cm³/mol. The van der Waals surface area contributed by atoms with E-state index in [1.54, 1.807) is 24.3 Å². The normalized spacial score (nSPS) is 12.1. The molecule has 0 atom stereocenters. The number of carbonyl (C=O) groups excluding carboxylic acids is 1. The summed E-state index contributed by atoms with van der Waals surface area (Å²) in [5.41, 5.74) is 5.13. The average Bonchev–Trinajstić information content (AvgIpc) is 2.64. The number of aromatic hydroxyl groups is 1. The molecule has 28 heavy (non-hydrogen) atoms. The van der Waals surface area contributed by atoms with E-state index >= 15 is 0 Å². The first kappa shape index (κ1) is 21.4. The fourth-order valence-corrected chi connectivity index (χ4v) is 3.25. The van der Waals surface area contributed by atoms with Gasteiger partial charge in [0, 0.05) is 0 Å². The van der Waals surface area contributed by atoms with Crippen LogP contribution in [0.15, 0.2) is 58.8 Å². The van der Waals surface area contributed by atoms with Crippen molar-refractivity contribution >= 4 is 38.7 Å². The number of phenolic OH excluding ortho intramolecular Hbond substituents is 1. The van der Waals surface area contributed by atoms with E-state index in [1.807, 2.05) is 0 Å². The summed E-state index contributed by atoms with van der Waals surface area (Å²) in [6.45, 7) is 2.79. The van der Waals surface area contributed by atoms with Crippen molar-refractivity contribution in [2.75, 3.05) is 16.5 Å². The van der Waals surface area contributed by atoms with Crippen LogP contribution in [0.5, 0.6) is 5.75 Å². The number of nitrogens with one attached hydrogen (secondary N) is 3. The molecule has 0 saturated carbocycles. The Morgan fingerprint density at radius 2 is 1.82 bits per heavy atom. The first-order chi connectivity index (χ1) is 13.2. The smallest absolute Gasteiger partial charge is 0.277 e. The molecule has 150 valence electrons. The summed E-state index contributed by atoms with van der Waals surface area (Å²) in [4.78, 5) is 12.4. The van der Waals surface area contributed by atoms with Crippen LogP contribution in [0.4, 0.5) is 11.4 Å². The standard InChI is InChI=1S/C18H20ClN3O5S/c1-3-28(26,27)12-8-9-16(24)15(10-12)21-22-17(11(2)23)18(25)20-14-7-5-4-6-13(14)19/h4-10,21-24H,3H2,1-2H3,(H,20,25). The number of hydrogen-bond donors (Lipinski definition) is 5. The Morgan fingerprint density at radius 1 is 1.14 bits per heavy atom. The summed E-state index contributed by atoms with van der Waals surface area (Å²) in [7, 11) is -3.49. The lowest BCUT2D eigenvalue weighted by atomic mass is 10.3. The number of anilines is 2. The number of hydrazine groups is 1. The molecule has 0 aromatic heterocycles. The lowest BCUT2D eigenvalue weighted by Gasteiger charge is -2.16. The number of aliphatic hydroxyl groups is 1. The molecule has 2 rings (SSSR count). The second kappa shape index (κ2) is 8.85. The summed E-state index contributed by atoms with van der Waals surface area (Å²) in [5.74, 6) is -1.39. The van der Waals surface area contributed by atoms with E-state index in [9.17, 15) is 23.4 Å². The molecule has 10 heteroatoms. The number of para-hydroxylation sites is 1. The van der Waals surface area contributed by atoms with Gasteiger partial charge in [0.15, 0.2) is 15.5 Å². The van der Waals surface area contributed by atoms with Gasteiger partial charge in [0.2, 0.25) is 0 Å². The molecule has 2 aromatic carbocycles. The molecule has 0 fully saturated rings. The second-order valence-electron chi connectivity index (χ2n) is 5.73. The van der Waals surface area contributed by atoms with Gasteiger partial charge in [-0.05, 0) is 37.3 Å². The Morgan fingerprint density at radius 3 is 2.43 bits per heavy atom. The maximum atomic E-state index is 12.4. The van der Waals surface area contributed by atoms with Crippen molar-refractivity contribution < 1.29 is 23.4 Å². The van der Waals surface area contributed by atoms with E-state index in [4.69, 9.17) is 11.6 Å². The molecule has 0 unspecified atom stereocenters. The molecular formula is C18H20ClN3O5S. The number of benzene rings is 2. The zero-order valence-corrected chi connectivity index (χ0v) is 16.7. The van der Waals surface area contributed by atoms with Crippen molar-refractivity contribution in [3.8, 4) is 5.75 Å². The van der Waals surface area contributed by atoms with Crippen LogP contribution in [0.2, 0.25) is 5.02 Å². The number of hydrogen-bond acceptors (Lipinski definition) is 7. The third-order valence-corrected chi connectivity index (χ3v) is 5.80. The van der Waals surface area contributed by atoms with Crippen molar-refractivity contribution in [1.82, 2.24) is 5.43 Å². The molecule has 0 aliphatic rings. The number of halogens is 1. The number of aliphatic hydroxyl groups excluding tert-OH is 1. The fourth-order valence-electron chi connectivity index (χ4n) is 2.16. The molecule has 0 spiro atoms. The van der Waals surface area contributed by atoms with Crippen LogP contribution in [0.25, 0.3) is 0 Å². The van der Waals surface area contributed by atoms with Crippen LogP contribution in [0.1, 0.15) is 13.8 Å². The highest BCUT2D eigenvalue weighted by Crippen LogP contribution is 2.27. The number of carbonyl (C=O) groups is 1. The van der Waals surface area contributed by atoms with Crippen molar-refractivity contribution in [1.29, 1.82) is 0 Å². The van der Waals surface area contributed by atoms with Crippen LogP contribution >= 0.6 is 11.6 Å². The number of sulfone groups is 1. The third kappa shape index (κ3) is 5.08. The maximum Gasteiger partial charge on any atom is 0.277 e. The highest BCUT2D eigenvalue weighted by molar-refractivity contribution is 7.91. The maximum absolute atomic E-state index is 12.4. The minimum absolute atomic E-state index is 0.00358. The summed E-state index contributed by atoms with van der Waals surface area (Å²) >= 11 is 6.00. The first-order valence-electron chi connectivity index (χ1n) is 8.19. The molecule has 0 bridgehead atoms. The van der Waals surface area contributed by atoms with Crippen LogP contribution in [0.3, 0.4) is 0 Å². The lowest BCUT2D eigenvalue weighted by molar-refractivity contribution is -0.113. The largest absolute Gasteiger partial charge is 0.510 e. The summed E-state index contributed by atoms with van der Waals surface area (Å²) in [6.07, 6.45) is 0. The zero-order chi connectivity index (χ0) is 20.9. The van der Waals surface area contributed by atoms with E-state index in [2.05, 4.69) is 16.2 Å². The Bertz CT molecular complexity index is 1020. The number of phenols is 1. The quantitative estimate of drug-likeness (QED) is 0.199. The van der Waals surface area contributed by atoms with Crippen molar-refractivity contribution in [3.63, 3.8) is 0 Å². The van der Waals surface area contributed by atoms with Crippen LogP contribution in [-0.2, 0) is 14.6 Å². The molecule has 0 heterocycles. The minimum atomic E-state index is -3.49. The zero-order valence-electron chi connectivity index (χ0n) is 15.2. The number of rotatable bonds is 7. The third-order valence-electron chi connectivity index (χ3n) is 3.74. The number of allylic oxidation sites excluding steroid dienone is 1. The van der Waals surface area contributed by atoms with E-state index < -0.39 is 15.7 Å². The van der Waals surface area contributed by atoms with Gasteiger partial charge >= 0.3 is 0 Å². The van der Waals surface area contributed by atoms with Gasteiger partial charge in [0.1, 0.15) is 11.5 Å². The van der Waals surface area contributed by atoms with E-state index in [-0.39, 0.29) is 33.5 Å². The Kier molecular flexibility index (Phi) is 6.76. The van der Waals surface area contributed by atoms with Crippen molar-refractivity contribution in [2.24, 2.45) is 0 Å². The molecule has 5 N–H and O–H groups in total. The van der Waals surface area contributed by atoms with Gasteiger partial charge in [0.25, 0.3) is 5.91 Å². The van der Waals surface area contributed by atoms with Gasteiger partial charge in [-0.15, -0.1) is 0 Å². The van der Waals surface area contributed by atoms with Gasteiger partial charge < -0.3 is 15.5 Å². The highest BCUT2D eigenvalue weighted by Gasteiger charge is 2.17. The van der Waals surface area contributed by atoms with Crippen LogP contribution in [-0.4, -0.2) is 30.3 Å². The monoisotopic (exact) mass is 425 g/mol. The predicted octanol–water partition coefficient (Wildman–Crippen LogP) is 3.18. The molecule has 0 aliphatic heterocycles. The van der Waals surface area contributed by atoms with Gasteiger partial charge in [0.05, 0.1) is 27.0 Å². The topological polar surface area (TPSA) is 128 Å². The summed E-state index contributed by atoms with van der Waals surface area (Å²) in [6, 6.07) is 10.3. The van der Waals surface area contributed by atoms with Gasteiger partial charge in [-0.2, -0.15) is 0 Å². The van der Waals surface area contributed by atoms with Gasteiger partial charge in [-0.3, -0.25) is 15.6 Å². The fraction of sp³-hybridized carbons (Fsp3) is 0.167. The van der Waals surface area contributed by atoms with Crippen LogP contribution in [0, 0.1) is 0 Å². The summed E-state index contributed by atoms with van der Waals surface area (Å²) < 4.78 is 24.0. The van der Waals surface area contributed by atoms with E-state index in [1.165, 1.54) is 32.0 Å². The Balaban J connectivity index is 2.21. The minimum Gasteiger partial charge on any atom is -0.510 e. The lowest BCUT2D eigenvalue weighted by Crippen LogP contribution is -2.31. The second-order valence-corrected chi connectivity index (χ2v) is 8.41. The molecule has 8 nitrogen and oxygen atoms in total. The van der Waals surface area contributed by atoms with E-state index in [0.717, 1.165) is 0 Å². The van der Waals surface area contributed by atoms with Crippen LogP contribution < -0.4 is 16.2 Å². The SMILES string of the molecule is CCS(=O)(=O)c1ccc(O)c(NNC(C(=O)Nc2ccccc2Cl)=C(C)O)c1. The average molecular weight is 426 g/mol.